The van der Waals surface area contributed by atoms with Crippen molar-refractivity contribution >= 4 is 46.6 Å². The molecule has 2 amide bonds. The number of hydrogen-bond donors (Lipinski definition) is 1. The third-order valence-corrected chi connectivity index (χ3v) is 5.99. The Bertz CT molecular complexity index is 887. The van der Waals surface area contributed by atoms with Crippen molar-refractivity contribution in [2.75, 3.05) is 6.61 Å². The molecule has 2 atom stereocenters. The van der Waals surface area contributed by atoms with Gasteiger partial charge in [-0.1, -0.05) is 66.8 Å². The Kier molecular flexibility index (Phi) is 9.94. The second-order valence-corrected chi connectivity index (χ2v) is 8.40. The van der Waals surface area contributed by atoms with E-state index in [0.717, 1.165) is 6.42 Å². The minimum Gasteiger partial charge on any atom is -0.482 e. The summed E-state index contributed by atoms with van der Waals surface area (Å²) in [5, 5.41) is 4.20. The number of carbonyl (C=O) groups excluding carboxylic acids is 2. The van der Waals surface area contributed by atoms with Gasteiger partial charge in [0.15, 0.2) is 6.61 Å². The first-order chi connectivity index (χ1) is 14.8. The largest absolute Gasteiger partial charge is 0.482 e. The summed E-state index contributed by atoms with van der Waals surface area (Å²) in [7, 11) is 0. The predicted molar refractivity (Wildman–Crippen MR) is 126 cm³/mol. The highest BCUT2D eigenvalue weighted by Crippen LogP contribution is 2.28. The van der Waals surface area contributed by atoms with Crippen LogP contribution in [-0.2, 0) is 16.1 Å². The molecular formula is C23H27Cl3N2O3. The molecule has 1 N–H and O–H groups in total. The molecular weight excluding hydrogens is 459 g/mol. The normalized spacial score (nSPS) is 12.7. The van der Waals surface area contributed by atoms with Crippen LogP contribution in [0.1, 0.15) is 39.2 Å². The standard InChI is InChI=1S/C23H27Cl3N2O3/c1-4-15(3)27-23(30)20(5-2)28(13-16-17(24)10-8-11-18(16)25)22(29)14-31-21-12-7-6-9-19(21)26/h6-12,15,20H,4-5,13-14H2,1-3H3,(H,27,30)/t15-,20+/m0/s1. The van der Waals surface area contributed by atoms with Gasteiger partial charge in [0.1, 0.15) is 11.8 Å². The van der Waals surface area contributed by atoms with Gasteiger partial charge in [0.05, 0.1) is 5.02 Å². The Morgan fingerprint density at radius 1 is 0.968 bits per heavy atom. The Labute approximate surface area is 198 Å². The molecule has 5 nitrogen and oxygen atoms in total. The van der Waals surface area contributed by atoms with Crippen molar-refractivity contribution in [1.29, 1.82) is 0 Å². The van der Waals surface area contributed by atoms with Gasteiger partial charge in [-0.3, -0.25) is 9.59 Å². The van der Waals surface area contributed by atoms with E-state index in [2.05, 4.69) is 5.32 Å². The third kappa shape index (κ3) is 7.03. The number of rotatable bonds is 10. The highest BCUT2D eigenvalue weighted by Gasteiger charge is 2.30. The highest BCUT2D eigenvalue weighted by molar-refractivity contribution is 6.36. The number of para-hydroxylation sites is 1. The average Bonchev–Trinajstić information content (AvgIpc) is 2.74. The second kappa shape index (κ2) is 12.2. The molecule has 0 saturated heterocycles. The molecule has 0 aromatic heterocycles. The fourth-order valence-electron chi connectivity index (χ4n) is 3.00. The summed E-state index contributed by atoms with van der Waals surface area (Å²) in [6.07, 6.45) is 1.20. The molecule has 0 aliphatic heterocycles. The van der Waals surface area contributed by atoms with Crippen molar-refractivity contribution in [3.05, 3.63) is 63.1 Å². The molecule has 0 heterocycles. The first-order valence-corrected chi connectivity index (χ1v) is 11.3. The lowest BCUT2D eigenvalue weighted by Gasteiger charge is -2.32. The molecule has 0 aliphatic carbocycles. The van der Waals surface area contributed by atoms with Crippen LogP contribution in [0.2, 0.25) is 15.1 Å². The van der Waals surface area contributed by atoms with E-state index in [0.29, 0.717) is 32.8 Å². The Hall–Kier alpha value is -1.95. The first kappa shape index (κ1) is 25.3. The summed E-state index contributed by atoms with van der Waals surface area (Å²) in [6.45, 7) is 5.55. The fraction of sp³-hybridized carbons (Fsp3) is 0.391. The maximum absolute atomic E-state index is 13.2. The SMILES string of the molecule is CC[C@H](C(=O)N[C@@H](C)CC)N(Cc1c(Cl)cccc1Cl)C(=O)COc1ccccc1Cl. The van der Waals surface area contributed by atoms with Crippen molar-refractivity contribution in [3.8, 4) is 5.75 Å². The maximum Gasteiger partial charge on any atom is 0.261 e. The lowest BCUT2D eigenvalue weighted by atomic mass is 10.1. The zero-order valence-electron chi connectivity index (χ0n) is 17.8. The molecule has 31 heavy (non-hydrogen) atoms. The summed E-state index contributed by atoms with van der Waals surface area (Å²) >= 11 is 18.8. The van der Waals surface area contributed by atoms with Crippen LogP contribution >= 0.6 is 34.8 Å². The molecule has 0 aliphatic rings. The van der Waals surface area contributed by atoms with E-state index in [1.807, 2.05) is 20.8 Å². The van der Waals surface area contributed by atoms with Crippen LogP contribution in [0, 0.1) is 0 Å². The van der Waals surface area contributed by atoms with Crippen LogP contribution in [0.3, 0.4) is 0 Å². The smallest absolute Gasteiger partial charge is 0.261 e. The van der Waals surface area contributed by atoms with Crippen molar-refractivity contribution in [1.82, 2.24) is 10.2 Å². The minimum atomic E-state index is -0.705. The van der Waals surface area contributed by atoms with Gasteiger partial charge in [-0.15, -0.1) is 0 Å². The molecule has 168 valence electrons. The molecule has 0 bridgehead atoms. The molecule has 0 saturated carbocycles. The number of amides is 2. The number of carbonyl (C=O) groups is 2. The zero-order valence-corrected chi connectivity index (χ0v) is 20.1. The third-order valence-electron chi connectivity index (χ3n) is 4.96. The summed E-state index contributed by atoms with van der Waals surface area (Å²) < 4.78 is 5.63. The van der Waals surface area contributed by atoms with Gasteiger partial charge in [-0.2, -0.15) is 0 Å². The van der Waals surface area contributed by atoms with Crippen molar-refractivity contribution in [3.63, 3.8) is 0 Å². The second-order valence-electron chi connectivity index (χ2n) is 7.18. The minimum absolute atomic E-state index is 0.0122. The van der Waals surface area contributed by atoms with Crippen LogP contribution in [0.25, 0.3) is 0 Å². The number of halogens is 3. The van der Waals surface area contributed by atoms with Crippen molar-refractivity contribution < 1.29 is 14.3 Å². The van der Waals surface area contributed by atoms with Gasteiger partial charge in [-0.05, 0) is 44.0 Å². The van der Waals surface area contributed by atoms with Gasteiger partial charge in [0.25, 0.3) is 5.91 Å². The number of benzene rings is 2. The van der Waals surface area contributed by atoms with E-state index in [-0.39, 0.29) is 31.0 Å². The van der Waals surface area contributed by atoms with Crippen LogP contribution in [0.15, 0.2) is 42.5 Å². The number of nitrogens with one attached hydrogen (secondary N) is 1. The quantitative estimate of drug-likeness (QED) is 0.466. The Morgan fingerprint density at radius 3 is 2.16 bits per heavy atom. The van der Waals surface area contributed by atoms with Crippen LogP contribution in [0.5, 0.6) is 5.75 Å². The fourth-order valence-corrected chi connectivity index (χ4v) is 3.71. The van der Waals surface area contributed by atoms with Crippen LogP contribution in [-0.4, -0.2) is 35.4 Å². The lowest BCUT2D eigenvalue weighted by Crippen LogP contribution is -2.51. The molecule has 2 aromatic rings. The van der Waals surface area contributed by atoms with Crippen molar-refractivity contribution in [2.24, 2.45) is 0 Å². The average molecular weight is 486 g/mol. The summed E-state index contributed by atoms with van der Waals surface area (Å²) in [4.78, 5) is 27.6. The Balaban J connectivity index is 2.30. The van der Waals surface area contributed by atoms with Crippen LogP contribution in [0.4, 0.5) is 0 Å². The number of ether oxygens (including phenoxy) is 1. The van der Waals surface area contributed by atoms with Crippen LogP contribution < -0.4 is 10.1 Å². The number of nitrogens with zero attached hydrogens (tertiary/aromatic N) is 1. The van der Waals surface area contributed by atoms with Gasteiger partial charge < -0.3 is 15.0 Å². The van der Waals surface area contributed by atoms with E-state index in [4.69, 9.17) is 39.5 Å². The van der Waals surface area contributed by atoms with E-state index in [9.17, 15) is 9.59 Å². The first-order valence-electron chi connectivity index (χ1n) is 10.2. The maximum atomic E-state index is 13.2. The predicted octanol–water partition coefficient (Wildman–Crippen LogP) is 5.75. The van der Waals surface area contributed by atoms with Gasteiger partial charge in [0.2, 0.25) is 5.91 Å². The molecule has 0 unspecified atom stereocenters. The van der Waals surface area contributed by atoms with E-state index in [1.165, 1.54) is 4.90 Å². The molecule has 0 spiro atoms. The van der Waals surface area contributed by atoms with Gasteiger partial charge in [0, 0.05) is 28.2 Å². The summed E-state index contributed by atoms with van der Waals surface area (Å²) in [6, 6.07) is 11.3. The number of hydrogen-bond acceptors (Lipinski definition) is 3. The molecule has 2 rings (SSSR count). The van der Waals surface area contributed by atoms with E-state index in [1.54, 1.807) is 42.5 Å². The summed E-state index contributed by atoms with van der Waals surface area (Å²) in [5.41, 5.74) is 0.576. The highest BCUT2D eigenvalue weighted by atomic mass is 35.5. The van der Waals surface area contributed by atoms with Crippen molar-refractivity contribution in [2.45, 2.75) is 52.2 Å². The molecule has 0 fully saturated rings. The molecule has 0 radical (unpaired) electrons. The molecule has 2 aromatic carbocycles. The zero-order chi connectivity index (χ0) is 23.0. The lowest BCUT2D eigenvalue weighted by molar-refractivity contribution is -0.143. The van der Waals surface area contributed by atoms with Gasteiger partial charge in [-0.25, -0.2) is 0 Å². The monoisotopic (exact) mass is 484 g/mol. The van der Waals surface area contributed by atoms with E-state index < -0.39 is 6.04 Å². The Morgan fingerprint density at radius 2 is 1.58 bits per heavy atom. The van der Waals surface area contributed by atoms with E-state index >= 15 is 0 Å². The topological polar surface area (TPSA) is 58.6 Å². The summed E-state index contributed by atoms with van der Waals surface area (Å²) in [5.74, 6) is -0.210. The molecule has 8 heteroatoms. The van der Waals surface area contributed by atoms with Gasteiger partial charge >= 0.3 is 0 Å².